The largest absolute Gasteiger partial charge is 0.356 e. The second-order valence-electron chi connectivity index (χ2n) is 4.57. The molecule has 0 radical (unpaired) electrons. The molecule has 2 heterocycles. The Morgan fingerprint density at radius 2 is 2.16 bits per heavy atom. The first-order valence-corrected chi connectivity index (χ1v) is 6.03. The lowest BCUT2D eigenvalue weighted by molar-refractivity contribution is 0.101. The average Bonchev–Trinajstić information content (AvgIpc) is 2.96. The summed E-state index contributed by atoms with van der Waals surface area (Å²) in [6.45, 7) is 5.41. The van der Waals surface area contributed by atoms with Crippen LogP contribution in [0.3, 0.4) is 0 Å². The second-order valence-corrected chi connectivity index (χ2v) is 4.57. The molecule has 0 aromatic carbocycles. The van der Waals surface area contributed by atoms with Crippen LogP contribution < -0.4 is 5.32 Å². The third-order valence-corrected chi connectivity index (χ3v) is 2.74. The number of hydrogen-bond donors (Lipinski definition) is 2. The molecule has 2 rings (SSSR count). The Labute approximate surface area is 110 Å². The summed E-state index contributed by atoms with van der Waals surface area (Å²) in [4.78, 5) is 26.0. The number of nitrogens with zero attached hydrogens (tertiary/aromatic N) is 2. The number of hydrogen-bond acceptors (Lipinski definition) is 3. The van der Waals surface area contributed by atoms with Crippen molar-refractivity contribution in [2.45, 2.75) is 26.8 Å². The van der Waals surface area contributed by atoms with Crippen molar-refractivity contribution in [2.75, 3.05) is 5.32 Å². The normalized spacial score (nSPS) is 10.7. The molecule has 6 heteroatoms. The van der Waals surface area contributed by atoms with Crippen LogP contribution in [0.5, 0.6) is 0 Å². The van der Waals surface area contributed by atoms with Gasteiger partial charge < -0.3 is 10.3 Å². The Bertz CT molecular complexity index is 610. The zero-order chi connectivity index (χ0) is 14.0. The summed E-state index contributed by atoms with van der Waals surface area (Å²) in [5, 5.41) is 6.89. The van der Waals surface area contributed by atoms with Crippen LogP contribution in [0, 0.1) is 0 Å². The number of H-pyrrole nitrogens is 1. The van der Waals surface area contributed by atoms with E-state index in [0.29, 0.717) is 17.1 Å². The third kappa shape index (κ3) is 2.73. The predicted octanol–water partition coefficient (Wildman–Crippen LogP) is 2.25. The minimum absolute atomic E-state index is 0.0810. The lowest BCUT2D eigenvalue weighted by Gasteiger charge is -2.11. The fourth-order valence-corrected chi connectivity index (χ4v) is 1.74. The van der Waals surface area contributed by atoms with Crippen LogP contribution in [0.4, 0.5) is 5.82 Å². The fraction of sp³-hybridized carbons (Fsp3) is 0.308. The molecule has 0 saturated carbocycles. The van der Waals surface area contributed by atoms with Crippen molar-refractivity contribution in [2.24, 2.45) is 0 Å². The van der Waals surface area contributed by atoms with E-state index in [1.54, 1.807) is 16.9 Å². The van der Waals surface area contributed by atoms with Crippen LogP contribution in [-0.4, -0.2) is 26.5 Å². The number of amides is 1. The van der Waals surface area contributed by atoms with E-state index in [1.165, 1.54) is 19.2 Å². The molecule has 0 bridgehead atoms. The molecule has 0 spiro atoms. The summed E-state index contributed by atoms with van der Waals surface area (Å²) in [5.41, 5.74) is 0.837. The van der Waals surface area contributed by atoms with Crippen LogP contribution >= 0.6 is 0 Å². The Balaban J connectivity index is 2.16. The van der Waals surface area contributed by atoms with Gasteiger partial charge >= 0.3 is 0 Å². The van der Waals surface area contributed by atoms with Gasteiger partial charge in [-0.25, -0.2) is 4.68 Å². The molecular weight excluding hydrogens is 244 g/mol. The molecule has 0 aliphatic heterocycles. The number of Topliss-reactive ketones (excluding diaryl/α,β-unsaturated/α-hetero) is 1. The van der Waals surface area contributed by atoms with E-state index in [1.807, 2.05) is 13.8 Å². The Hall–Kier alpha value is -2.37. The van der Waals surface area contributed by atoms with E-state index in [2.05, 4.69) is 15.4 Å². The Morgan fingerprint density at radius 1 is 1.42 bits per heavy atom. The van der Waals surface area contributed by atoms with Gasteiger partial charge in [0.05, 0.1) is 6.20 Å². The molecule has 19 heavy (non-hydrogen) atoms. The summed E-state index contributed by atoms with van der Waals surface area (Å²) in [6, 6.07) is 3.42. The first-order valence-electron chi connectivity index (χ1n) is 6.03. The van der Waals surface area contributed by atoms with Crippen molar-refractivity contribution in [1.29, 1.82) is 0 Å². The summed E-state index contributed by atoms with van der Waals surface area (Å²) in [7, 11) is 0. The van der Waals surface area contributed by atoms with Crippen molar-refractivity contribution in [3.05, 3.63) is 35.8 Å². The minimum Gasteiger partial charge on any atom is -0.356 e. The standard InChI is InChI=1S/C13H16N4O2/c1-8(2)17-12(4-5-15-17)16-13(19)11-6-10(7-14-11)9(3)18/h4-8,14H,1-3H3,(H,16,19). The molecule has 0 aliphatic carbocycles. The molecule has 2 N–H and O–H groups in total. The molecular formula is C13H16N4O2. The monoisotopic (exact) mass is 260 g/mol. The van der Waals surface area contributed by atoms with Gasteiger partial charge in [0, 0.05) is 23.9 Å². The molecule has 0 aliphatic rings. The average molecular weight is 260 g/mol. The van der Waals surface area contributed by atoms with Gasteiger partial charge in [-0.05, 0) is 26.8 Å². The van der Waals surface area contributed by atoms with Crippen molar-refractivity contribution >= 4 is 17.5 Å². The van der Waals surface area contributed by atoms with Gasteiger partial charge in [0.25, 0.3) is 5.91 Å². The first kappa shape index (κ1) is 13.1. The number of rotatable bonds is 4. The van der Waals surface area contributed by atoms with Gasteiger partial charge in [0.1, 0.15) is 11.5 Å². The number of aromatic amines is 1. The number of ketones is 1. The van der Waals surface area contributed by atoms with Crippen molar-refractivity contribution in [1.82, 2.24) is 14.8 Å². The molecule has 0 unspecified atom stereocenters. The lowest BCUT2D eigenvalue weighted by Crippen LogP contribution is -2.17. The second kappa shape index (κ2) is 5.09. The van der Waals surface area contributed by atoms with Gasteiger partial charge in [0.2, 0.25) is 0 Å². The number of aromatic nitrogens is 3. The smallest absolute Gasteiger partial charge is 0.273 e. The number of anilines is 1. The van der Waals surface area contributed by atoms with E-state index < -0.39 is 0 Å². The molecule has 100 valence electrons. The zero-order valence-electron chi connectivity index (χ0n) is 11.1. The topological polar surface area (TPSA) is 79.8 Å². The number of nitrogens with one attached hydrogen (secondary N) is 2. The van der Waals surface area contributed by atoms with Crippen LogP contribution in [0.15, 0.2) is 24.5 Å². The highest BCUT2D eigenvalue weighted by Crippen LogP contribution is 2.14. The zero-order valence-corrected chi connectivity index (χ0v) is 11.1. The summed E-state index contributed by atoms with van der Waals surface area (Å²) < 4.78 is 1.72. The van der Waals surface area contributed by atoms with Gasteiger partial charge in [-0.1, -0.05) is 0 Å². The molecule has 0 fully saturated rings. The van der Waals surface area contributed by atoms with Crippen LogP contribution in [-0.2, 0) is 0 Å². The van der Waals surface area contributed by atoms with Gasteiger partial charge in [-0.3, -0.25) is 9.59 Å². The van der Waals surface area contributed by atoms with Crippen molar-refractivity contribution in [3.8, 4) is 0 Å². The highest BCUT2D eigenvalue weighted by Gasteiger charge is 2.13. The maximum atomic E-state index is 12.0. The Kier molecular flexibility index (Phi) is 3.50. The van der Waals surface area contributed by atoms with Crippen LogP contribution in [0.2, 0.25) is 0 Å². The molecule has 0 saturated heterocycles. The summed E-state index contributed by atoms with van der Waals surface area (Å²) in [5.74, 6) is 0.247. The fourth-order valence-electron chi connectivity index (χ4n) is 1.74. The minimum atomic E-state index is -0.296. The SMILES string of the molecule is CC(=O)c1c[nH]c(C(=O)Nc2ccnn2C(C)C)c1. The summed E-state index contributed by atoms with van der Waals surface area (Å²) >= 11 is 0. The van der Waals surface area contributed by atoms with Crippen molar-refractivity contribution in [3.63, 3.8) is 0 Å². The van der Waals surface area contributed by atoms with E-state index >= 15 is 0 Å². The predicted molar refractivity (Wildman–Crippen MR) is 71.4 cm³/mol. The highest BCUT2D eigenvalue weighted by atomic mass is 16.2. The summed E-state index contributed by atoms with van der Waals surface area (Å²) in [6.07, 6.45) is 3.16. The molecule has 2 aromatic heterocycles. The van der Waals surface area contributed by atoms with Crippen LogP contribution in [0.25, 0.3) is 0 Å². The highest BCUT2D eigenvalue weighted by molar-refractivity contribution is 6.04. The maximum Gasteiger partial charge on any atom is 0.273 e. The van der Waals surface area contributed by atoms with E-state index in [4.69, 9.17) is 0 Å². The van der Waals surface area contributed by atoms with E-state index in [0.717, 1.165) is 0 Å². The van der Waals surface area contributed by atoms with Crippen molar-refractivity contribution < 1.29 is 9.59 Å². The van der Waals surface area contributed by atoms with Gasteiger partial charge in [-0.15, -0.1) is 0 Å². The Morgan fingerprint density at radius 3 is 2.74 bits per heavy atom. The first-order chi connectivity index (χ1) is 8.99. The number of carbonyl (C=O) groups is 2. The molecule has 1 amide bonds. The molecule has 0 atom stereocenters. The van der Waals surface area contributed by atoms with Crippen LogP contribution in [0.1, 0.15) is 47.7 Å². The lowest BCUT2D eigenvalue weighted by atomic mass is 10.2. The molecule has 6 nitrogen and oxygen atoms in total. The quantitative estimate of drug-likeness (QED) is 0.827. The van der Waals surface area contributed by atoms with E-state index in [9.17, 15) is 9.59 Å². The van der Waals surface area contributed by atoms with E-state index in [-0.39, 0.29) is 17.7 Å². The third-order valence-electron chi connectivity index (χ3n) is 2.74. The van der Waals surface area contributed by atoms with Gasteiger partial charge in [0.15, 0.2) is 5.78 Å². The van der Waals surface area contributed by atoms with Gasteiger partial charge in [-0.2, -0.15) is 5.10 Å². The molecule has 2 aromatic rings. The number of carbonyl (C=O) groups excluding carboxylic acids is 2. The maximum absolute atomic E-state index is 12.0.